The van der Waals surface area contributed by atoms with Gasteiger partial charge in [0.05, 0.1) is 12.1 Å². The highest BCUT2D eigenvalue weighted by molar-refractivity contribution is 5.86. The molecule has 0 spiro atoms. The van der Waals surface area contributed by atoms with Gasteiger partial charge in [-0.05, 0) is 12.8 Å². The van der Waals surface area contributed by atoms with Gasteiger partial charge >= 0.3 is 0 Å². The van der Waals surface area contributed by atoms with Crippen LogP contribution in [0.2, 0.25) is 0 Å². The Bertz CT molecular complexity index is 260. The number of carbonyl (C=O) groups is 1. The highest BCUT2D eigenvalue weighted by Gasteiger charge is 1.99. The molecule has 0 radical (unpaired) electrons. The lowest BCUT2D eigenvalue weighted by molar-refractivity contribution is -0.113. The zero-order chi connectivity index (χ0) is 10.1. The Balaban J connectivity index is 4.13. The lowest BCUT2D eigenvalue weighted by atomic mass is 10.1. The number of hydrogen-bond donors (Lipinski definition) is 1. The third-order valence-corrected chi connectivity index (χ3v) is 1.46. The molecule has 0 aliphatic heterocycles. The van der Waals surface area contributed by atoms with Gasteiger partial charge < -0.3 is 5.73 Å². The first-order valence-electron chi connectivity index (χ1n) is 3.93. The number of nitriles is 2. The van der Waals surface area contributed by atoms with Crippen molar-refractivity contribution in [3.05, 3.63) is 11.6 Å². The molecule has 0 aromatic carbocycles. The first kappa shape index (κ1) is 11.2. The summed E-state index contributed by atoms with van der Waals surface area (Å²) in [4.78, 5) is 10.5. The summed E-state index contributed by atoms with van der Waals surface area (Å²) in [6.45, 7) is 0. The molecule has 0 fully saturated rings. The third kappa shape index (κ3) is 6.58. The van der Waals surface area contributed by atoms with Crippen molar-refractivity contribution in [3.8, 4) is 12.1 Å². The summed E-state index contributed by atoms with van der Waals surface area (Å²) >= 11 is 0. The SMILES string of the molecule is N#CCCC(=CC(N)=O)CCC#N. The van der Waals surface area contributed by atoms with Crippen LogP contribution < -0.4 is 5.73 Å². The molecule has 0 rings (SSSR count). The summed E-state index contributed by atoms with van der Waals surface area (Å²) in [6.07, 6.45) is 3.03. The predicted octanol–water partition coefficient (Wildman–Crippen LogP) is 1.01. The molecule has 0 aromatic heterocycles. The highest BCUT2D eigenvalue weighted by Crippen LogP contribution is 2.10. The van der Waals surface area contributed by atoms with Crippen LogP contribution in [0.1, 0.15) is 25.7 Å². The Labute approximate surface area is 77.3 Å². The smallest absolute Gasteiger partial charge is 0.241 e. The van der Waals surface area contributed by atoms with E-state index in [0.717, 1.165) is 5.57 Å². The lowest BCUT2D eigenvalue weighted by Crippen LogP contribution is -2.07. The fraction of sp³-hybridized carbons (Fsp3) is 0.444. The van der Waals surface area contributed by atoms with Crippen molar-refractivity contribution in [1.82, 2.24) is 0 Å². The number of carbonyl (C=O) groups excluding carboxylic acids is 1. The van der Waals surface area contributed by atoms with Crippen LogP contribution in [0.5, 0.6) is 0 Å². The highest BCUT2D eigenvalue weighted by atomic mass is 16.1. The molecular weight excluding hydrogens is 166 g/mol. The van der Waals surface area contributed by atoms with Gasteiger partial charge in [0.25, 0.3) is 0 Å². The summed E-state index contributed by atoms with van der Waals surface area (Å²) in [5, 5.41) is 16.6. The van der Waals surface area contributed by atoms with E-state index < -0.39 is 5.91 Å². The van der Waals surface area contributed by atoms with E-state index in [0.29, 0.717) is 25.7 Å². The van der Waals surface area contributed by atoms with Gasteiger partial charge in [0, 0.05) is 18.9 Å². The monoisotopic (exact) mass is 177 g/mol. The molecule has 0 saturated heterocycles. The number of nitrogens with two attached hydrogens (primary N) is 1. The molecule has 0 heterocycles. The molecule has 0 aromatic rings. The van der Waals surface area contributed by atoms with E-state index in [2.05, 4.69) is 0 Å². The second kappa shape index (κ2) is 6.87. The minimum atomic E-state index is -0.522. The quantitative estimate of drug-likeness (QED) is 0.635. The van der Waals surface area contributed by atoms with Gasteiger partial charge in [-0.3, -0.25) is 4.79 Å². The van der Waals surface area contributed by atoms with Crippen molar-refractivity contribution in [1.29, 1.82) is 10.5 Å². The fourth-order valence-corrected chi connectivity index (χ4v) is 0.903. The molecule has 0 unspecified atom stereocenters. The van der Waals surface area contributed by atoms with Gasteiger partial charge in [0.2, 0.25) is 5.91 Å². The van der Waals surface area contributed by atoms with E-state index in [1.807, 2.05) is 12.1 Å². The van der Waals surface area contributed by atoms with Gasteiger partial charge in [-0.25, -0.2) is 0 Å². The number of amides is 1. The minimum absolute atomic E-state index is 0.352. The van der Waals surface area contributed by atoms with Crippen molar-refractivity contribution in [2.45, 2.75) is 25.7 Å². The van der Waals surface area contributed by atoms with Crippen LogP contribution in [-0.2, 0) is 4.79 Å². The second-order valence-corrected chi connectivity index (χ2v) is 2.52. The van der Waals surface area contributed by atoms with Crippen LogP contribution >= 0.6 is 0 Å². The van der Waals surface area contributed by atoms with Gasteiger partial charge in [-0.1, -0.05) is 5.57 Å². The maximum Gasteiger partial charge on any atom is 0.241 e. The average Bonchev–Trinajstić information content (AvgIpc) is 2.09. The Morgan fingerprint density at radius 2 is 1.69 bits per heavy atom. The fourth-order valence-electron chi connectivity index (χ4n) is 0.903. The second-order valence-electron chi connectivity index (χ2n) is 2.52. The summed E-state index contributed by atoms with van der Waals surface area (Å²) in [6, 6.07) is 3.94. The van der Waals surface area contributed by atoms with Crippen LogP contribution in [-0.4, -0.2) is 5.91 Å². The predicted molar refractivity (Wildman–Crippen MR) is 47.0 cm³/mol. The maximum absolute atomic E-state index is 10.5. The molecule has 0 aliphatic rings. The zero-order valence-electron chi connectivity index (χ0n) is 7.29. The van der Waals surface area contributed by atoms with Gasteiger partial charge in [-0.15, -0.1) is 0 Å². The standard InChI is InChI=1S/C9H11N3O/c10-5-1-3-8(4-2-6-11)7-9(12)13/h7H,1-4H2,(H2,12,13). The summed E-state index contributed by atoms with van der Waals surface area (Å²) in [5.74, 6) is -0.522. The van der Waals surface area contributed by atoms with Crippen LogP contribution in [0.4, 0.5) is 0 Å². The molecule has 0 atom stereocenters. The number of nitrogens with zero attached hydrogens (tertiary/aromatic N) is 2. The maximum atomic E-state index is 10.5. The Morgan fingerprint density at radius 1 is 1.23 bits per heavy atom. The lowest BCUT2D eigenvalue weighted by Gasteiger charge is -1.99. The van der Waals surface area contributed by atoms with Crippen LogP contribution in [0.15, 0.2) is 11.6 Å². The molecule has 68 valence electrons. The molecule has 2 N–H and O–H groups in total. The molecule has 1 amide bonds. The topological polar surface area (TPSA) is 90.7 Å². The minimum Gasteiger partial charge on any atom is -0.366 e. The Morgan fingerprint density at radius 3 is 2.00 bits per heavy atom. The van der Waals surface area contributed by atoms with Crippen LogP contribution in [0.3, 0.4) is 0 Å². The first-order valence-corrected chi connectivity index (χ1v) is 3.93. The number of allylic oxidation sites excluding steroid dienone is 1. The van der Waals surface area contributed by atoms with E-state index >= 15 is 0 Å². The van der Waals surface area contributed by atoms with E-state index in [-0.39, 0.29) is 0 Å². The van der Waals surface area contributed by atoms with E-state index in [9.17, 15) is 4.79 Å². The Hall–Kier alpha value is -1.81. The van der Waals surface area contributed by atoms with Gasteiger partial charge in [-0.2, -0.15) is 10.5 Å². The zero-order valence-corrected chi connectivity index (χ0v) is 7.29. The summed E-state index contributed by atoms with van der Waals surface area (Å²) < 4.78 is 0. The molecule has 0 saturated carbocycles. The molecule has 0 bridgehead atoms. The normalized spacial score (nSPS) is 8.15. The summed E-state index contributed by atoms with van der Waals surface area (Å²) in [5.41, 5.74) is 5.73. The largest absolute Gasteiger partial charge is 0.366 e. The van der Waals surface area contributed by atoms with Gasteiger partial charge in [0.1, 0.15) is 0 Å². The molecule has 0 aliphatic carbocycles. The third-order valence-electron chi connectivity index (χ3n) is 1.46. The van der Waals surface area contributed by atoms with Crippen LogP contribution in [0, 0.1) is 22.7 Å². The molecular formula is C9H11N3O. The van der Waals surface area contributed by atoms with E-state index in [1.54, 1.807) is 0 Å². The molecule has 4 nitrogen and oxygen atoms in total. The van der Waals surface area contributed by atoms with E-state index in [4.69, 9.17) is 16.3 Å². The number of rotatable bonds is 5. The van der Waals surface area contributed by atoms with Crippen molar-refractivity contribution in [2.75, 3.05) is 0 Å². The molecule has 13 heavy (non-hydrogen) atoms. The Kier molecular flexibility index (Phi) is 5.92. The van der Waals surface area contributed by atoms with Crippen molar-refractivity contribution < 1.29 is 4.79 Å². The van der Waals surface area contributed by atoms with Gasteiger partial charge in [0.15, 0.2) is 0 Å². The summed E-state index contributed by atoms with van der Waals surface area (Å²) in [7, 11) is 0. The van der Waals surface area contributed by atoms with Crippen molar-refractivity contribution in [3.63, 3.8) is 0 Å². The van der Waals surface area contributed by atoms with Crippen molar-refractivity contribution >= 4 is 5.91 Å². The van der Waals surface area contributed by atoms with E-state index in [1.165, 1.54) is 6.08 Å². The van der Waals surface area contributed by atoms with Crippen molar-refractivity contribution in [2.24, 2.45) is 5.73 Å². The number of primary amides is 1. The average molecular weight is 177 g/mol. The number of hydrogen-bond acceptors (Lipinski definition) is 3. The molecule has 4 heteroatoms. The first-order chi connectivity index (χ1) is 6.20. The van der Waals surface area contributed by atoms with Crippen LogP contribution in [0.25, 0.3) is 0 Å².